The van der Waals surface area contributed by atoms with Crippen LogP contribution in [0, 0.1) is 0 Å². The Labute approximate surface area is 486 Å². The van der Waals surface area contributed by atoms with Gasteiger partial charge in [0, 0.05) is 23.2 Å². The molecule has 18 heteroatoms. The second-order valence-corrected chi connectivity index (χ2v) is 26.3. The molecule has 2 saturated heterocycles. The maximum atomic E-state index is 14.2. The summed E-state index contributed by atoms with van der Waals surface area (Å²) in [4.78, 5) is 43.2. The van der Waals surface area contributed by atoms with E-state index >= 15 is 0 Å². The van der Waals surface area contributed by atoms with Crippen LogP contribution in [0.4, 0.5) is 0 Å². The van der Waals surface area contributed by atoms with Gasteiger partial charge in [0.15, 0.2) is 12.4 Å². The second kappa shape index (κ2) is 27.8. The first kappa shape index (κ1) is 59.6. The first-order valence-electron chi connectivity index (χ1n) is 27.1. The number of halogens is 1. The van der Waals surface area contributed by atoms with Gasteiger partial charge in [-0.1, -0.05) is 200 Å². The van der Waals surface area contributed by atoms with E-state index in [9.17, 15) is 19.9 Å². The molecule has 2 aliphatic heterocycles. The number of nitrogens with zero attached hydrogens (tertiary/aromatic N) is 3. The summed E-state index contributed by atoms with van der Waals surface area (Å²) >= 11 is 3.55. The third-order valence-corrected chi connectivity index (χ3v) is 20.0. The molecule has 7 aromatic carbocycles. The molecule has 0 aromatic heterocycles. The normalized spacial score (nSPS) is 22.8. The van der Waals surface area contributed by atoms with Crippen LogP contribution in [0.3, 0.4) is 0 Å². The highest BCUT2D eigenvalue weighted by Crippen LogP contribution is 2.40. The van der Waals surface area contributed by atoms with Crippen molar-refractivity contribution >= 4 is 63.3 Å². The standard InChI is InChI=1S/C64H66BrN3O13Si/c1-42(69)72-40-53-57(59(75-37-44-20-10-6-11-21-44)60(63(79-53)77-43(2)70)80-61(71)48-23-12-7-13-24-48)81-62-55(67-68-66)58(74-38-45-31-34-50(65)35-32-45)56(73-39-46-30-33-47-22-18-19-25-49(47)36-46)54(78-62)41-76-82(64(3,4)5,51-26-14-8-15-27-51)52-28-16-9-17-29-52/h6-36,53-60,62-63H,37-41H2,1-5H3/t53-,54+,55+,56+,57+,58+,59-,60+,62+,63?/m0/s1. The van der Waals surface area contributed by atoms with E-state index in [1.165, 1.54) is 13.8 Å². The van der Waals surface area contributed by atoms with Crippen molar-refractivity contribution in [2.24, 2.45) is 5.11 Å². The number of azide groups is 1. The molecule has 2 aliphatic rings. The Bertz CT molecular complexity index is 3220. The van der Waals surface area contributed by atoms with Gasteiger partial charge < -0.3 is 47.1 Å². The average molecular weight is 1190 g/mol. The molecule has 0 N–H and O–H groups in total. The second-order valence-electron chi connectivity index (χ2n) is 21.1. The Hall–Kier alpha value is -7.06. The van der Waals surface area contributed by atoms with E-state index in [0.29, 0.717) is 0 Å². The third-order valence-electron chi connectivity index (χ3n) is 14.4. The largest absolute Gasteiger partial charge is 0.463 e. The molecule has 426 valence electrons. The van der Waals surface area contributed by atoms with Gasteiger partial charge in [0.05, 0.1) is 32.0 Å². The van der Waals surface area contributed by atoms with E-state index in [1.54, 1.807) is 30.3 Å². The van der Waals surface area contributed by atoms with Gasteiger partial charge in [0.1, 0.15) is 49.3 Å². The molecule has 16 nitrogen and oxygen atoms in total. The molecule has 0 spiro atoms. The molecule has 1 unspecified atom stereocenters. The summed E-state index contributed by atoms with van der Waals surface area (Å²) in [6.45, 7) is 8.46. The van der Waals surface area contributed by atoms with Crippen LogP contribution >= 0.6 is 15.9 Å². The van der Waals surface area contributed by atoms with Gasteiger partial charge in [0.2, 0.25) is 6.29 Å². The first-order valence-corrected chi connectivity index (χ1v) is 29.8. The smallest absolute Gasteiger partial charge is 0.338 e. The van der Waals surface area contributed by atoms with Crippen LogP contribution in [-0.2, 0) is 76.5 Å². The van der Waals surface area contributed by atoms with Crippen LogP contribution in [0.15, 0.2) is 198 Å². The van der Waals surface area contributed by atoms with E-state index in [0.717, 1.165) is 42.3 Å². The highest BCUT2D eigenvalue weighted by molar-refractivity contribution is 9.10. The highest BCUT2D eigenvalue weighted by Gasteiger charge is 2.57. The van der Waals surface area contributed by atoms with Crippen LogP contribution in [0.1, 0.15) is 61.7 Å². The number of carbonyl (C=O) groups is 3. The van der Waals surface area contributed by atoms with Gasteiger partial charge in [0.25, 0.3) is 8.32 Å². The lowest BCUT2D eigenvalue weighted by atomic mass is 9.95. The lowest BCUT2D eigenvalue weighted by Gasteiger charge is -2.50. The van der Waals surface area contributed by atoms with Gasteiger partial charge >= 0.3 is 17.9 Å². The summed E-state index contributed by atoms with van der Waals surface area (Å²) in [6, 6.07) is 58.3. The number of benzene rings is 7. The maximum Gasteiger partial charge on any atom is 0.338 e. The number of ether oxygens (including phenoxy) is 9. The summed E-state index contributed by atoms with van der Waals surface area (Å²) in [7, 11) is -3.32. The van der Waals surface area contributed by atoms with E-state index in [2.05, 4.69) is 77.1 Å². The minimum atomic E-state index is -3.32. The molecule has 0 bridgehead atoms. The fraction of sp³-hybridized carbons (Fsp3) is 0.328. The Morgan fingerprint density at radius 1 is 0.561 bits per heavy atom. The lowest BCUT2D eigenvalue weighted by Crippen LogP contribution is -2.69. The van der Waals surface area contributed by atoms with Crippen LogP contribution in [0.5, 0.6) is 0 Å². The molecule has 0 aliphatic carbocycles. The zero-order valence-corrected chi connectivity index (χ0v) is 48.8. The lowest BCUT2D eigenvalue weighted by molar-refractivity contribution is -0.349. The molecule has 0 radical (unpaired) electrons. The zero-order valence-electron chi connectivity index (χ0n) is 46.2. The van der Waals surface area contributed by atoms with E-state index in [4.69, 9.17) is 47.1 Å². The summed E-state index contributed by atoms with van der Waals surface area (Å²) < 4.78 is 68.1. The third kappa shape index (κ3) is 14.6. The van der Waals surface area contributed by atoms with Gasteiger partial charge in [-0.15, -0.1) is 0 Å². The molecule has 0 saturated carbocycles. The van der Waals surface area contributed by atoms with Crippen LogP contribution in [0.25, 0.3) is 21.2 Å². The van der Waals surface area contributed by atoms with Crippen LogP contribution in [0.2, 0.25) is 5.04 Å². The van der Waals surface area contributed by atoms with Crippen molar-refractivity contribution in [3.05, 3.63) is 225 Å². The summed E-state index contributed by atoms with van der Waals surface area (Å²) in [5.41, 5.74) is 13.2. The van der Waals surface area contributed by atoms with Crippen molar-refractivity contribution in [1.29, 1.82) is 0 Å². The first-order chi connectivity index (χ1) is 39.7. The Morgan fingerprint density at radius 2 is 1.09 bits per heavy atom. The predicted molar refractivity (Wildman–Crippen MR) is 313 cm³/mol. The summed E-state index contributed by atoms with van der Waals surface area (Å²) in [5, 5.41) is 8.05. The molecule has 9 rings (SSSR count). The Balaban J connectivity index is 1.18. The molecule has 0 amide bonds. The van der Waals surface area contributed by atoms with Crippen molar-refractivity contribution in [3.63, 3.8) is 0 Å². The molecule has 7 aromatic rings. The predicted octanol–water partition coefficient (Wildman–Crippen LogP) is 11.1. The number of hydrogen-bond acceptors (Lipinski definition) is 14. The number of hydrogen-bond donors (Lipinski definition) is 0. The summed E-state index contributed by atoms with van der Waals surface area (Å²) in [5.74, 6) is -2.20. The Kier molecular flexibility index (Phi) is 20.2. The molecular weight excluding hydrogens is 1130 g/mol. The van der Waals surface area contributed by atoms with Crippen molar-refractivity contribution in [3.8, 4) is 0 Å². The monoisotopic (exact) mass is 1190 g/mol. The number of rotatable bonds is 22. The quantitative estimate of drug-likeness (QED) is 0.0156. The van der Waals surface area contributed by atoms with Crippen LogP contribution < -0.4 is 10.4 Å². The van der Waals surface area contributed by atoms with Gasteiger partial charge in [-0.05, 0) is 78.7 Å². The fourth-order valence-electron chi connectivity index (χ4n) is 10.6. The topological polar surface area (TPSA) is 192 Å². The van der Waals surface area contributed by atoms with Gasteiger partial charge in [-0.2, -0.15) is 0 Å². The van der Waals surface area contributed by atoms with Gasteiger partial charge in [-0.25, -0.2) is 4.79 Å². The van der Waals surface area contributed by atoms with E-state index in [-0.39, 0.29) is 32.0 Å². The SMILES string of the molecule is CC(=O)OC[C@@H]1OC(OC(C)=O)[C@H](OC(=O)c2ccccc2)[C@@H](OCc2ccccc2)[C@@H]1O[C@H]1O[C@H](CO[Si](c2ccccc2)(c2ccccc2)C(C)(C)C)[C@@H](OCc2ccc3ccccc3c2)[C@H](OCc2ccc(Br)cc2)[C@H]1N=[N+]=[N-]. The molecule has 2 heterocycles. The minimum absolute atomic E-state index is 0.0340. The number of fused-ring (bicyclic) bond motifs is 1. The van der Waals surface area contributed by atoms with Crippen LogP contribution in [-0.4, -0.2) is 101 Å². The van der Waals surface area contributed by atoms with Gasteiger partial charge in [-0.3, -0.25) is 9.59 Å². The highest BCUT2D eigenvalue weighted by atomic mass is 79.9. The van der Waals surface area contributed by atoms with Crippen molar-refractivity contribution in [1.82, 2.24) is 0 Å². The van der Waals surface area contributed by atoms with Crippen molar-refractivity contribution in [2.75, 3.05) is 13.2 Å². The Morgan fingerprint density at radius 3 is 1.70 bits per heavy atom. The number of esters is 3. The van der Waals surface area contributed by atoms with E-state index in [1.807, 2.05) is 127 Å². The fourth-order valence-corrected chi connectivity index (χ4v) is 15.4. The minimum Gasteiger partial charge on any atom is -0.463 e. The zero-order chi connectivity index (χ0) is 57.6. The number of carbonyl (C=O) groups excluding carboxylic acids is 3. The van der Waals surface area contributed by atoms with E-state index < -0.39 is 99.2 Å². The molecule has 82 heavy (non-hydrogen) atoms. The average Bonchev–Trinajstić information content (AvgIpc) is 2.86. The van der Waals surface area contributed by atoms with Crippen molar-refractivity contribution < 1.29 is 61.4 Å². The maximum absolute atomic E-state index is 14.2. The summed E-state index contributed by atoms with van der Waals surface area (Å²) in [6.07, 6.45) is -11.9. The van der Waals surface area contributed by atoms with Crippen molar-refractivity contribution in [2.45, 2.75) is 121 Å². The molecular formula is C64H66BrN3O13Si. The molecule has 10 atom stereocenters. The molecule has 2 fully saturated rings.